The lowest BCUT2D eigenvalue weighted by Gasteiger charge is -2.34. The van der Waals surface area contributed by atoms with Crippen LogP contribution in [0.25, 0.3) is 0 Å². The molecule has 1 unspecified atom stereocenters. The molecule has 20 heavy (non-hydrogen) atoms. The third kappa shape index (κ3) is 1.97. The van der Waals surface area contributed by atoms with Crippen molar-refractivity contribution < 1.29 is 9.59 Å². The highest BCUT2D eigenvalue weighted by Crippen LogP contribution is 2.23. The lowest BCUT2D eigenvalue weighted by Crippen LogP contribution is -2.54. The van der Waals surface area contributed by atoms with E-state index in [-0.39, 0.29) is 24.5 Å². The Morgan fingerprint density at radius 3 is 2.50 bits per heavy atom. The Hall–Kier alpha value is -2.23. The molecule has 2 aliphatic rings. The SMILES string of the molecule is N#CC1CNCCN1CN1C(=O)c2ccccc2C1=O. The fourth-order valence-electron chi connectivity index (χ4n) is 2.59. The summed E-state index contributed by atoms with van der Waals surface area (Å²) in [6, 6.07) is 8.70. The highest BCUT2D eigenvalue weighted by molar-refractivity contribution is 6.21. The Kier molecular flexibility index (Phi) is 3.22. The van der Waals surface area contributed by atoms with Crippen molar-refractivity contribution >= 4 is 11.8 Å². The molecule has 0 spiro atoms. The van der Waals surface area contributed by atoms with Gasteiger partial charge in [-0.3, -0.25) is 19.4 Å². The van der Waals surface area contributed by atoms with Gasteiger partial charge in [0, 0.05) is 19.6 Å². The number of amides is 2. The first-order valence-corrected chi connectivity index (χ1v) is 6.52. The van der Waals surface area contributed by atoms with Gasteiger partial charge in [-0.2, -0.15) is 5.26 Å². The summed E-state index contributed by atoms with van der Waals surface area (Å²) in [4.78, 5) is 27.6. The minimum absolute atomic E-state index is 0.173. The fraction of sp³-hybridized carbons (Fsp3) is 0.357. The van der Waals surface area contributed by atoms with Crippen molar-refractivity contribution in [3.05, 3.63) is 35.4 Å². The van der Waals surface area contributed by atoms with Crippen LogP contribution < -0.4 is 5.32 Å². The molecular formula is C14H14N4O2. The summed E-state index contributed by atoms with van der Waals surface area (Å²) in [5, 5.41) is 12.2. The molecular weight excluding hydrogens is 256 g/mol. The van der Waals surface area contributed by atoms with E-state index in [2.05, 4.69) is 11.4 Å². The number of hydrogen-bond acceptors (Lipinski definition) is 5. The molecule has 0 aromatic heterocycles. The highest BCUT2D eigenvalue weighted by atomic mass is 16.2. The molecule has 2 amide bonds. The van der Waals surface area contributed by atoms with Gasteiger partial charge in [0.25, 0.3) is 11.8 Å². The first-order chi connectivity index (χ1) is 9.72. The predicted octanol–water partition coefficient (Wildman–Crippen LogP) is 0.0375. The number of benzene rings is 1. The summed E-state index contributed by atoms with van der Waals surface area (Å²) < 4.78 is 0. The lowest BCUT2D eigenvalue weighted by atomic mass is 10.1. The number of imide groups is 1. The molecule has 0 saturated carbocycles. The number of rotatable bonds is 2. The Balaban J connectivity index is 1.81. The standard InChI is InChI=1S/C14H14N4O2/c15-7-10-8-16-5-6-17(10)9-18-13(19)11-3-1-2-4-12(11)14(18)20/h1-4,10,16H,5-6,8-9H2. The highest BCUT2D eigenvalue weighted by Gasteiger charge is 2.37. The minimum atomic E-state index is -0.312. The summed E-state index contributed by atoms with van der Waals surface area (Å²) in [5.74, 6) is -0.554. The van der Waals surface area contributed by atoms with E-state index in [1.807, 2.05) is 4.90 Å². The van der Waals surface area contributed by atoms with E-state index in [0.717, 1.165) is 6.54 Å². The van der Waals surface area contributed by atoms with Crippen LogP contribution in [0.3, 0.4) is 0 Å². The average molecular weight is 270 g/mol. The monoisotopic (exact) mass is 270 g/mol. The number of hydrogen-bond donors (Lipinski definition) is 1. The molecule has 0 radical (unpaired) electrons. The smallest absolute Gasteiger partial charge is 0.262 e. The Bertz CT molecular complexity index is 572. The van der Waals surface area contributed by atoms with Gasteiger partial charge in [-0.05, 0) is 12.1 Å². The number of piperazine rings is 1. The summed E-state index contributed by atoms with van der Waals surface area (Å²) >= 11 is 0. The van der Waals surface area contributed by atoms with Crippen LogP contribution in [0.1, 0.15) is 20.7 Å². The van der Waals surface area contributed by atoms with Crippen LogP contribution in [0, 0.1) is 11.3 Å². The number of carbonyl (C=O) groups is 2. The molecule has 0 aliphatic carbocycles. The van der Waals surface area contributed by atoms with Gasteiger partial charge in [-0.1, -0.05) is 12.1 Å². The number of carbonyl (C=O) groups excluding carboxylic acids is 2. The van der Waals surface area contributed by atoms with Crippen molar-refractivity contribution in [3.8, 4) is 6.07 Å². The number of nitrogens with zero attached hydrogens (tertiary/aromatic N) is 3. The maximum absolute atomic E-state index is 12.3. The molecule has 1 aromatic carbocycles. The second-order valence-electron chi connectivity index (χ2n) is 4.89. The Morgan fingerprint density at radius 2 is 1.90 bits per heavy atom. The topological polar surface area (TPSA) is 76.4 Å². The average Bonchev–Trinajstić information content (AvgIpc) is 2.73. The Labute approximate surface area is 116 Å². The third-order valence-electron chi connectivity index (χ3n) is 3.70. The number of nitrogens with one attached hydrogen (secondary N) is 1. The number of nitriles is 1. The molecule has 1 fully saturated rings. The largest absolute Gasteiger partial charge is 0.313 e. The molecule has 3 rings (SSSR count). The van der Waals surface area contributed by atoms with E-state index in [1.165, 1.54) is 4.90 Å². The van der Waals surface area contributed by atoms with Gasteiger partial charge in [0.1, 0.15) is 6.04 Å². The molecule has 1 aromatic rings. The molecule has 1 atom stereocenters. The first-order valence-electron chi connectivity index (χ1n) is 6.52. The fourth-order valence-corrected chi connectivity index (χ4v) is 2.59. The maximum atomic E-state index is 12.3. The van der Waals surface area contributed by atoms with Crippen molar-refractivity contribution in [1.29, 1.82) is 5.26 Å². The normalized spacial score (nSPS) is 22.8. The van der Waals surface area contributed by atoms with Crippen LogP contribution in [0.5, 0.6) is 0 Å². The minimum Gasteiger partial charge on any atom is -0.313 e. The van der Waals surface area contributed by atoms with Crippen molar-refractivity contribution in [1.82, 2.24) is 15.1 Å². The van der Waals surface area contributed by atoms with Crippen molar-refractivity contribution in [3.63, 3.8) is 0 Å². The summed E-state index contributed by atoms with van der Waals surface area (Å²) in [5.41, 5.74) is 0.891. The molecule has 2 aliphatic heterocycles. The van der Waals surface area contributed by atoms with Gasteiger partial charge < -0.3 is 5.32 Å². The molecule has 2 heterocycles. The first kappa shape index (κ1) is 12.8. The van der Waals surface area contributed by atoms with Gasteiger partial charge in [-0.25, -0.2) is 0 Å². The molecule has 1 saturated heterocycles. The number of fused-ring (bicyclic) bond motifs is 1. The van der Waals surface area contributed by atoms with E-state index in [1.54, 1.807) is 24.3 Å². The van der Waals surface area contributed by atoms with Gasteiger partial charge in [0.05, 0.1) is 23.9 Å². The lowest BCUT2D eigenvalue weighted by molar-refractivity contribution is 0.0490. The van der Waals surface area contributed by atoms with Gasteiger partial charge >= 0.3 is 0 Å². The summed E-state index contributed by atoms with van der Waals surface area (Å²) in [6.45, 7) is 2.12. The summed E-state index contributed by atoms with van der Waals surface area (Å²) in [6.07, 6.45) is 0. The molecule has 0 bridgehead atoms. The maximum Gasteiger partial charge on any atom is 0.262 e. The van der Waals surface area contributed by atoms with Crippen molar-refractivity contribution in [2.75, 3.05) is 26.3 Å². The van der Waals surface area contributed by atoms with E-state index < -0.39 is 0 Å². The van der Waals surface area contributed by atoms with Gasteiger partial charge in [0.2, 0.25) is 0 Å². The molecule has 6 nitrogen and oxygen atoms in total. The van der Waals surface area contributed by atoms with E-state index in [0.29, 0.717) is 24.2 Å². The molecule has 6 heteroatoms. The van der Waals surface area contributed by atoms with Crippen molar-refractivity contribution in [2.45, 2.75) is 6.04 Å². The van der Waals surface area contributed by atoms with Crippen LogP contribution in [0.15, 0.2) is 24.3 Å². The zero-order valence-electron chi connectivity index (χ0n) is 10.9. The second kappa shape index (κ2) is 5.04. The van der Waals surface area contributed by atoms with Crippen LogP contribution in [0.2, 0.25) is 0 Å². The van der Waals surface area contributed by atoms with Crippen LogP contribution in [-0.4, -0.2) is 54.0 Å². The zero-order chi connectivity index (χ0) is 14.1. The van der Waals surface area contributed by atoms with Crippen LogP contribution >= 0.6 is 0 Å². The van der Waals surface area contributed by atoms with Crippen LogP contribution in [-0.2, 0) is 0 Å². The van der Waals surface area contributed by atoms with E-state index in [4.69, 9.17) is 5.26 Å². The zero-order valence-corrected chi connectivity index (χ0v) is 10.9. The summed E-state index contributed by atoms with van der Waals surface area (Å²) in [7, 11) is 0. The van der Waals surface area contributed by atoms with E-state index >= 15 is 0 Å². The van der Waals surface area contributed by atoms with E-state index in [9.17, 15) is 9.59 Å². The quantitative estimate of drug-likeness (QED) is 0.768. The Morgan fingerprint density at radius 1 is 1.25 bits per heavy atom. The van der Waals surface area contributed by atoms with Crippen LogP contribution in [0.4, 0.5) is 0 Å². The van der Waals surface area contributed by atoms with Gasteiger partial charge in [-0.15, -0.1) is 0 Å². The molecule has 1 N–H and O–H groups in total. The predicted molar refractivity (Wildman–Crippen MR) is 70.8 cm³/mol. The van der Waals surface area contributed by atoms with Gasteiger partial charge in [0.15, 0.2) is 0 Å². The third-order valence-corrected chi connectivity index (χ3v) is 3.70. The van der Waals surface area contributed by atoms with Crippen molar-refractivity contribution in [2.24, 2.45) is 0 Å². The second-order valence-corrected chi connectivity index (χ2v) is 4.89. The molecule has 102 valence electrons.